The normalized spacial score (nSPS) is 21.0. The van der Waals surface area contributed by atoms with Gasteiger partial charge >= 0.3 is 0 Å². The van der Waals surface area contributed by atoms with Crippen LogP contribution in [-0.4, -0.2) is 24.3 Å². The molecule has 19 heavy (non-hydrogen) atoms. The van der Waals surface area contributed by atoms with E-state index >= 15 is 0 Å². The van der Waals surface area contributed by atoms with Gasteiger partial charge < -0.3 is 4.98 Å². The Kier molecular flexibility index (Phi) is 3.42. The van der Waals surface area contributed by atoms with Gasteiger partial charge in [0.05, 0.1) is 10.4 Å². The molecule has 2 aromatic rings. The van der Waals surface area contributed by atoms with E-state index in [-0.39, 0.29) is 6.04 Å². The fraction of sp³-hybridized carbons (Fsp3) is 0.333. The van der Waals surface area contributed by atoms with Crippen molar-refractivity contribution in [1.82, 2.24) is 9.29 Å². The second-order valence-corrected chi connectivity index (χ2v) is 8.29. The van der Waals surface area contributed by atoms with Crippen LogP contribution >= 0.6 is 22.9 Å². The summed E-state index contributed by atoms with van der Waals surface area (Å²) < 4.78 is 27.6. The average Bonchev–Trinajstić information content (AvgIpc) is 3.09. The van der Waals surface area contributed by atoms with Gasteiger partial charge in [-0.3, -0.25) is 0 Å². The van der Waals surface area contributed by atoms with Crippen LogP contribution in [0.5, 0.6) is 0 Å². The van der Waals surface area contributed by atoms with Gasteiger partial charge in [-0.1, -0.05) is 11.6 Å². The van der Waals surface area contributed by atoms with Gasteiger partial charge in [0.2, 0.25) is 0 Å². The maximum absolute atomic E-state index is 12.6. The van der Waals surface area contributed by atoms with Crippen molar-refractivity contribution in [2.24, 2.45) is 0 Å². The highest BCUT2D eigenvalue weighted by Crippen LogP contribution is 2.38. The highest BCUT2D eigenvalue weighted by molar-refractivity contribution is 7.91. The number of sulfonamides is 1. The lowest BCUT2D eigenvalue weighted by molar-refractivity contribution is 0.392. The molecule has 3 heterocycles. The Labute approximate surface area is 121 Å². The number of aromatic amines is 1. The van der Waals surface area contributed by atoms with E-state index in [1.807, 2.05) is 18.3 Å². The van der Waals surface area contributed by atoms with Gasteiger partial charge in [0.25, 0.3) is 10.0 Å². The molecule has 4 nitrogen and oxygen atoms in total. The largest absolute Gasteiger partial charge is 0.364 e. The third-order valence-electron chi connectivity index (χ3n) is 3.30. The van der Waals surface area contributed by atoms with Gasteiger partial charge in [0.1, 0.15) is 4.21 Å². The van der Waals surface area contributed by atoms with Crippen molar-refractivity contribution in [3.05, 3.63) is 40.5 Å². The molecular formula is C12H13ClN2O2S2. The topological polar surface area (TPSA) is 53.2 Å². The minimum absolute atomic E-state index is 0.0964. The van der Waals surface area contributed by atoms with Gasteiger partial charge in [0.15, 0.2) is 0 Å². The molecule has 1 aliphatic heterocycles. The number of H-pyrrole nitrogens is 1. The second kappa shape index (κ2) is 4.94. The van der Waals surface area contributed by atoms with E-state index in [0.717, 1.165) is 29.9 Å². The lowest BCUT2D eigenvalue weighted by Crippen LogP contribution is -2.30. The molecule has 1 N–H and O–H groups in total. The van der Waals surface area contributed by atoms with Gasteiger partial charge in [-0.2, -0.15) is 4.31 Å². The van der Waals surface area contributed by atoms with E-state index in [1.54, 1.807) is 16.4 Å². The van der Waals surface area contributed by atoms with Crippen LogP contribution in [0.25, 0.3) is 0 Å². The van der Waals surface area contributed by atoms with Crippen molar-refractivity contribution >= 4 is 33.0 Å². The zero-order chi connectivity index (χ0) is 13.5. The molecule has 0 bridgehead atoms. The molecule has 1 unspecified atom stereocenters. The first-order valence-corrected chi connectivity index (χ1v) is 8.63. The highest BCUT2D eigenvalue weighted by atomic mass is 35.5. The quantitative estimate of drug-likeness (QED) is 0.945. The van der Waals surface area contributed by atoms with Crippen LogP contribution in [0.1, 0.15) is 24.6 Å². The number of hydrogen-bond acceptors (Lipinski definition) is 3. The van der Waals surface area contributed by atoms with Gasteiger partial charge in [-0.05, 0) is 37.1 Å². The number of halogens is 1. The van der Waals surface area contributed by atoms with Crippen molar-refractivity contribution in [2.45, 2.75) is 23.1 Å². The van der Waals surface area contributed by atoms with E-state index in [0.29, 0.717) is 15.1 Å². The van der Waals surface area contributed by atoms with E-state index in [2.05, 4.69) is 4.98 Å². The monoisotopic (exact) mass is 316 g/mol. The second-order valence-electron chi connectivity index (χ2n) is 4.46. The van der Waals surface area contributed by atoms with Crippen LogP contribution in [0.3, 0.4) is 0 Å². The summed E-state index contributed by atoms with van der Waals surface area (Å²) in [5.74, 6) is 0. The maximum atomic E-state index is 12.6. The average molecular weight is 317 g/mol. The SMILES string of the molecule is O=S(=O)(c1ccc(Cl)s1)N1CCCC1c1ccc[nH]1. The Bertz CT molecular complexity index is 664. The molecule has 0 saturated carbocycles. The molecule has 3 rings (SSSR count). The summed E-state index contributed by atoms with van der Waals surface area (Å²) in [5.41, 5.74) is 0.948. The zero-order valence-corrected chi connectivity index (χ0v) is 12.4. The number of thiophene rings is 1. The number of rotatable bonds is 3. The fourth-order valence-electron chi connectivity index (χ4n) is 2.44. The van der Waals surface area contributed by atoms with Crippen LogP contribution in [0.4, 0.5) is 0 Å². The molecule has 1 atom stereocenters. The molecule has 1 saturated heterocycles. The van der Waals surface area contributed by atoms with E-state index < -0.39 is 10.0 Å². The molecule has 0 amide bonds. The highest BCUT2D eigenvalue weighted by Gasteiger charge is 2.37. The first kappa shape index (κ1) is 13.2. The van der Waals surface area contributed by atoms with Gasteiger partial charge in [-0.25, -0.2) is 8.42 Å². The number of nitrogens with one attached hydrogen (secondary N) is 1. The molecule has 1 fully saturated rings. The minimum atomic E-state index is -3.45. The Morgan fingerprint density at radius 3 is 2.84 bits per heavy atom. The lowest BCUT2D eigenvalue weighted by Gasteiger charge is -2.22. The summed E-state index contributed by atoms with van der Waals surface area (Å²) in [5, 5.41) is 0. The molecule has 0 spiro atoms. The Morgan fingerprint density at radius 1 is 1.37 bits per heavy atom. The van der Waals surface area contributed by atoms with Crippen LogP contribution in [0.2, 0.25) is 4.34 Å². The Hall–Kier alpha value is -0.820. The van der Waals surface area contributed by atoms with Crippen LogP contribution < -0.4 is 0 Å². The van der Waals surface area contributed by atoms with E-state index in [9.17, 15) is 8.42 Å². The van der Waals surface area contributed by atoms with Crippen molar-refractivity contribution in [3.8, 4) is 0 Å². The molecule has 0 radical (unpaired) electrons. The molecule has 7 heteroatoms. The number of aromatic nitrogens is 1. The molecule has 1 aliphatic rings. The summed E-state index contributed by atoms with van der Waals surface area (Å²) in [7, 11) is -3.45. The summed E-state index contributed by atoms with van der Waals surface area (Å²) in [4.78, 5) is 3.11. The zero-order valence-electron chi connectivity index (χ0n) is 10.0. The van der Waals surface area contributed by atoms with Crippen LogP contribution in [0, 0.1) is 0 Å². The minimum Gasteiger partial charge on any atom is -0.364 e. The number of nitrogens with zero attached hydrogens (tertiary/aromatic N) is 1. The van der Waals surface area contributed by atoms with Crippen molar-refractivity contribution in [1.29, 1.82) is 0 Å². The third kappa shape index (κ3) is 2.33. The lowest BCUT2D eigenvalue weighted by atomic mass is 10.2. The Morgan fingerprint density at radius 2 is 2.21 bits per heavy atom. The van der Waals surface area contributed by atoms with Crippen molar-refractivity contribution in [2.75, 3.05) is 6.54 Å². The smallest absolute Gasteiger partial charge is 0.253 e. The van der Waals surface area contributed by atoms with E-state index in [1.165, 1.54) is 0 Å². The van der Waals surface area contributed by atoms with Crippen molar-refractivity contribution in [3.63, 3.8) is 0 Å². The molecule has 102 valence electrons. The van der Waals surface area contributed by atoms with Crippen LogP contribution in [0.15, 0.2) is 34.7 Å². The van der Waals surface area contributed by atoms with Gasteiger partial charge in [0, 0.05) is 18.4 Å². The predicted octanol–water partition coefficient (Wildman–Crippen LogP) is 3.26. The Balaban J connectivity index is 1.96. The fourth-order valence-corrected chi connectivity index (χ4v) is 5.73. The molecule has 0 aromatic carbocycles. The standard InChI is InChI=1S/C12H13ClN2O2S2/c13-11-5-6-12(18-11)19(16,17)15-8-2-4-10(15)9-3-1-7-14-9/h1,3,5-7,10,14H,2,4,8H2. The van der Waals surface area contributed by atoms with Crippen molar-refractivity contribution < 1.29 is 8.42 Å². The molecule has 2 aromatic heterocycles. The van der Waals surface area contributed by atoms with Gasteiger partial charge in [-0.15, -0.1) is 11.3 Å². The van der Waals surface area contributed by atoms with E-state index in [4.69, 9.17) is 11.6 Å². The first-order valence-electron chi connectivity index (χ1n) is 5.99. The third-order valence-corrected chi connectivity index (χ3v) is 6.90. The number of hydrogen-bond donors (Lipinski definition) is 1. The molecule has 0 aliphatic carbocycles. The summed E-state index contributed by atoms with van der Waals surface area (Å²) in [6.45, 7) is 0.557. The summed E-state index contributed by atoms with van der Waals surface area (Å²) >= 11 is 6.94. The van der Waals surface area contributed by atoms with Crippen LogP contribution in [-0.2, 0) is 10.0 Å². The summed E-state index contributed by atoms with van der Waals surface area (Å²) in [6, 6.07) is 6.92. The predicted molar refractivity (Wildman–Crippen MR) is 76.0 cm³/mol. The maximum Gasteiger partial charge on any atom is 0.253 e. The first-order chi connectivity index (χ1) is 9.09. The molecular weight excluding hydrogens is 304 g/mol. The summed E-state index contributed by atoms with van der Waals surface area (Å²) in [6.07, 6.45) is 3.54.